The van der Waals surface area contributed by atoms with Crippen LogP contribution < -0.4 is 5.73 Å². The molecular formula is C26H43N4O8P. The highest BCUT2D eigenvalue weighted by atomic mass is 31.2. The Morgan fingerprint density at radius 1 is 1.18 bits per heavy atom. The van der Waals surface area contributed by atoms with E-state index in [1.165, 1.54) is 20.2 Å². The van der Waals surface area contributed by atoms with Crippen LogP contribution in [0.2, 0.25) is 0 Å². The Hall–Kier alpha value is -2.25. The molecule has 0 amide bonds. The number of nitrogens with two attached hydrogens (primary N) is 1. The number of anilines is 1. The highest BCUT2D eigenvalue weighted by molar-refractivity contribution is 7.40. The molecule has 3 unspecified atom stereocenters. The first-order chi connectivity index (χ1) is 18.6. The van der Waals surface area contributed by atoms with Crippen molar-refractivity contribution in [3.05, 3.63) is 61.1 Å². The third kappa shape index (κ3) is 14.1. The summed E-state index contributed by atoms with van der Waals surface area (Å²) in [5, 5.41) is 37.6. The van der Waals surface area contributed by atoms with E-state index < -0.39 is 14.4 Å². The molecule has 1 aliphatic carbocycles. The predicted octanol–water partition coefficient (Wildman–Crippen LogP) is 2.93. The van der Waals surface area contributed by atoms with Gasteiger partial charge in [-0.15, -0.1) is 13.2 Å². The summed E-state index contributed by atoms with van der Waals surface area (Å²) < 4.78 is 18.1. The first-order valence-corrected chi connectivity index (χ1v) is 13.8. The van der Waals surface area contributed by atoms with Gasteiger partial charge in [0.2, 0.25) is 0 Å². The first-order valence-electron chi connectivity index (χ1n) is 12.6. The zero-order chi connectivity index (χ0) is 29.3. The summed E-state index contributed by atoms with van der Waals surface area (Å²) in [7, 11) is -1.93. The molecule has 2 aliphatic rings. The quantitative estimate of drug-likeness (QED) is 0.113. The second-order valence-electron chi connectivity index (χ2n) is 8.88. The van der Waals surface area contributed by atoms with Gasteiger partial charge in [0.15, 0.2) is 11.6 Å². The largest absolute Gasteiger partial charge is 0.396 e. The van der Waals surface area contributed by atoms with Crippen LogP contribution in [0.3, 0.4) is 0 Å². The Morgan fingerprint density at radius 2 is 1.90 bits per heavy atom. The SMILES string of the molecule is C=C.CC(C)(O)O.Nc1ncnn2c(C3CCC(COP(O)OCCCO)O3)ccc12.OCC1=CCCC=C1. The lowest BCUT2D eigenvalue weighted by Crippen LogP contribution is -2.15. The summed E-state index contributed by atoms with van der Waals surface area (Å²) in [6, 6.07) is 3.81. The Morgan fingerprint density at radius 3 is 2.49 bits per heavy atom. The van der Waals surface area contributed by atoms with E-state index in [9.17, 15) is 4.89 Å². The molecule has 1 aliphatic heterocycles. The molecule has 2 aromatic heterocycles. The van der Waals surface area contributed by atoms with E-state index in [-0.39, 0.29) is 38.6 Å². The summed E-state index contributed by atoms with van der Waals surface area (Å²) in [4.78, 5) is 13.6. The molecule has 39 heavy (non-hydrogen) atoms. The Balaban J connectivity index is 0.000000417. The van der Waals surface area contributed by atoms with Crippen LogP contribution in [0, 0.1) is 0 Å². The number of nitrogen functional groups attached to an aromatic ring is 1. The summed E-state index contributed by atoms with van der Waals surface area (Å²) in [6.45, 7) is 9.34. The highest BCUT2D eigenvalue weighted by Crippen LogP contribution is 2.37. The number of aliphatic hydroxyl groups excluding tert-OH is 2. The van der Waals surface area contributed by atoms with Gasteiger partial charge in [-0.2, -0.15) is 5.10 Å². The van der Waals surface area contributed by atoms with E-state index in [1.807, 2.05) is 18.2 Å². The van der Waals surface area contributed by atoms with Crippen LogP contribution in [-0.2, 0) is 13.8 Å². The minimum absolute atomic E-state index is 0.0237. The maximum absolute atomic E-state index is 9.61. The van der Waals surface area contributed by atoms with Crippen LogP contribution in [0.15, 0.2) is 55.4 Å². The van der Waals surface area contributed by atoms with Crippen molar-refractivity contribution in [1.29, 1.82) is 0 Å². The van der Waals surface area contributed by atoms with E-state index in [1.54, 1.807) is 4.52 Å². The highest BCUT2D eigenvalue weighted by Gasteiger charge is 2.29. The molecule has 0 bridgehead atoms. The van der Waals surface area contributed by atoms with E-state index in [4.69, 9.17) is 39.9 Å². The van der Waals surface area contributed by atoms with Crippen molar-refractivity contribution in [3.8, 4) is 0 Å². The lowest BCUT2D eigenvalue weighted by Gasteiger charge is -2.16. The van der Waals surface area contributed by atoms with E-state index in [2.05, 4.69) is 35.4 Å². The van der Waals surface area contributed by atoms with Crippen molar-refractivity contribution in [3.63, 3.8) is 0 Å². The molecule has 3 atom stereocenters. The number of ether oxygens (including phenoxy) is 1. The maximum Gasteiger partial charge on any atom is 0.329 e. The maximum atomic E-state index is 9.61. The van der Waals surface area contributed by atoms with Gasteiger partial charge < -0.3 is 44.8 Å². The fourth-order valence-electron chi connectivity index (χ4n) is 3.44. The van der Waals surface area contributed by atoms with Gasteiger partial charge in [-0.05, 0) is 63.7 Å². The number of allylic oxidation sites excluding steroid dienone is 2. The Labute approximate surface area is 231 Å². The zero-order valence-electron chi connectivity index (χ0n) is 22.7. The number of nitrogens with zero attached hydrogens (tertiary/aromatic N) is 3. The Kier molecular flexibility index (Phi) is 16.9. The van der Waals surface area contributed by atoms with Gasteiger partial charge in [0, 0.05) is 6.61 Å². The van der Waals surface area contributed by atoms with Crippen LogP contribution in [0.5, 0.6) is 0 Å². The second kappa shape index (κ2) is 18.9. The molecule has 1 fully saturated rings. The molecule has 2 aromatic rings. The smallest absolute Gasteiger partial charge is 0.329 e. The lowest BCUT2D eigenvalue weighted by atomic mass is 10.1. The van der Waals surface area contributed by atoms with Gasteiger partial charge in [0.05, 0.1) is 31.6 Å². The van der Waals surface area contributed by atoms with Crippen molar-refractivity contribution in [2.75, 3.05) is 32.2 Å². The molecule has 12 nitrogen and oxygen atoms in total. The number of fused-ring (bicyclic) bond motifs is 1. The van der Waals surface area contributed by atoms with Gasteiger partial charge >= 0.3 is 8.60 Å². The van der Waals surface area contributed by atoms with E-state index in [0.29, 0.717) is 12.2 Å². The molecule has 0 aromatic carbocycles. The predicted molar refractivity (Wildman–Crippen MR) is 150 cm³/mol. The molecule has 0 radical (unpaired) electrons. The average Bonchev–Trinajstić information content (AvgIpc) is 3.56. The van der Waals surface area contributed by atoms with E-state index >= 15 is 0 Å². The molecule has 1 saturated heterocycles. The van der Waals surface area contributed by atoms with Crippen molar-refractivity contribution in [2.24, 2.45) is 0 Å². The fourth-order valence-corrected chi connectivity index (χ4v) is 4.09. The zero-order valence-corrected chi connectivity index (χ0v) is 23.6. The molecule has 0 spiro atoms. The minimum atomic E-state index is -1.93. The third-order valence-electron chi connectivity index (χ3n) is 5.08. The van der Waals surface area contributed by atoms with Crippen LogP contribution >= 0.6 is 8.60 Å². The van der Waals surface area contributed by atoms with Crippen LogP contribution in [-0.4, -0.2) is 78.2 Å². The summed E-state index contributed by atoms with van der Waals surface area (Å²) in [5.41, 5.74) is 8.57. The van der Waals surface area contributed by atoms with E-state index in [0.717, 1.165) is 42.5 Å². The van der Waals surface area contributed by atoms with Gasteiger partial charge in [-0.25, -0.2) is 9.50 Å². The standard InChI is InChI=1S/C14H21N4O5P.C7H10O.C3H8O2.C2H4/c15-14-12-4-3-11(18(12)17-9-16-14)13-5-2-10(23-13)8-22-24(20)21-7-1-6-19;8-6-7-4-2-1-3-5-7;1-3(2,4)5;1-2/h3-4,9-10,13,19-20H,1-2,5-8H2,(H2,15,16,17);2,4-5,8H,1,3,6H2;4-5H,1-2H3;1-2H2. The molecule has 4 rings (SSSR count). The topological polar surface area (TPSA) is 185 Å². The van der Waals surface area contributed by atoms with Gasteiger partial charge in [-0.3, -0.25) is 0 Å². The van der Waals surface area contributed by atoms with Crippen LogP contribution in [0.25, 0.3) is 5.52 Å². The average molecular weight is 571 g/mol. The van der Waals surface area contributed by atoms with Gasteiger partial charge in [0.1, 0.15) is 17.9 Å². The number of aromatic nitrogens is 3. The van der Waals surface area contributed by atoms with Gasteiger partial charge in [-0.1, -0.05) is 18.2 Å². The first kappa shape index (κ1) is 34.8. The summed E-state index contributed by atoms with van der Waals surface area (Å²) >= 11 is 0. The monoisotopic (exact) mass is 570 g/mol. The number of rotatable bonds is 9. The van der Waals surface area contributed by atoms with Crippen LogP contribution in [0.4, 0.5) is 5.82 Å². The number of aliphatic hydroxyl groups is 4. The molecule has 0 saturated carbocycles. The number of hydrogen-bond donors (Lipinski definition) is 6. The fraction of sp³-hybridized carbons (Fsp3) is 0.538. The lowest BCUT2D eigenvalue weighted by molar-refractivity contribution is -0.127. The number of hydrogen-bond acceptors (Lipinski definition) is 11. The Bertz CT molecular complexity index is 1010. The molecule has 13 heteroatoms. The summed E-state index contributed by atoms with van der Waals surface area (Å²) in [6.07, 6.45) is 11.7. The van der Waals surface area contributed by atoms with Crippen molar-refractivity contribution in [1.82, 2.24) is 14.6 Å². The summed E-state index contributed by atoms with van der Waals surface area (Å²) in [5.74, 6) is -1.07. The molecule has 220 valence electrons. The normalized spacial score (nSPS) is 19.1. The molecule has 3 heterocycles. The van der Waals surface area contributed by atoms with Crippen molar-refractivity contribution < 1.29 is 39.1 Å². The van der Waals surface area contributed by atoms with Crippen molar-refractivity contribution >= 4 is 19.9 Å². The van der Waals surface area contributed by atoms with Crippen LogP contribution in [0.1, 0.15) is 57.7 Å². The molecule has 7 N–H and O–H groups in total. The van der Waals surface area contributed by atoms with Gasteiger partial charge in [0.25, 0.3) is 0 Å². The minimum Gasteiger partial charge on any atom is -0.396 e. The second-order valence-corrected chi connectivity index (χ2v) is 9.87. The van der Waals surface area contributed by atoms with Crippen molar-refractivity contribution in [2.45, 2.75) is 63.9 Å². The third-order valence-corrected chi connectivity index (χ3v) is 5.85. The molecular weight excluding hydrogens is 527 g/mol.